The van der Waals surface area contributed by atoms with Crippen LogP contribution in [0.5, 0.6) is 0 Å². The van der Waals surface area contributed by atoms with E-state index in [1.807, 2.05) is 0 Å². The van der Waals surface area contributed by atoms with Gasteiger partial charge in [-0.15, -0.1) is 0 Å². The van der Waals surface area contributed by atoms with Gasteiger partial charge in [-0.2, -0.15) is 0 Å². The van der Waals surface area contributed by atoms with Crippen molar-refractivity contribution in [3.63, 3.8) is 0 Å². The predicted octanol–water partition coefficient (Wildman–Crippen LogP) is 4.26. The van der Waals surface area contributed by atoms with Gasteiger partial charge in [0.25, 0.3) is 5.56 Å². The number of rotatable bonds is 3. The van der Waals surface area contributed by atoms with Gasteiger partial charge in [-0.05, 0) is 37.3 Å². The van der Waals surface area contributed by atoms with Gasteiger partial charge in [-0.3, -0.25) is 4.79 Å². The van der Waals surface area contributed by atoms with Crippen molar-refractivity contribution < 1.29 is 9.53 Å². The van der Waals surface area contributed by atoms with E-state index in [2.05, 4.69) is 25.9 Å². The first-order valence-corrected chi connectivity index (χ1v) is 8.28. The van der Waals surface area contributed by atoms with Crippen LogP contribution in [0.4, 0.5) is 0 Å². The number of nitrogens with one attached hydrogen (secondary N) is 1. The van der Waals surface area contributed by atoms with Gasteiger partial charge in [0, 0.05) is 4.47 Å². The molecule has 1 N–H and O–H groups in total. The summed E-state index contributed by atoms with van der Waals surface area (Å²) in [6, 6.07) is 11.9. The average Bonchev–Trinajstić information content (AvgIpc) is 2.57. The van der Waals surface area contributed by atoms with Gasteiger partial charge in [0.1, 0.15) is 0 Å². The SMILES string of the molecule is C[C@H](OC(=O)c1cc(Br)ccc1Cl)c1nc2ccccc2c(=O)[nH]1. The van der Waals surface area contributed by atoms with Crippen LogP contribution in [0.2, 0.25) is 5.02 Å². The highest BCUT2D eigenvalue weighted by atomic mass is 79.9. The molecule has 0 aliphatic rings. The Hall–Kier alpha value is -2.18. The van der Waals surface area contributed by atoms with Crippen molar-refractivity contribution >= 4 is 44.4 Å². The maximum atomic E-state index is 12.3. The Bertz CT molecular complexity index is 987. The number of nitrogens with zero attached hydrogens (tertiary/aromatic N) is 1. The second-order valence-electron chi connectivity index (χ2n) is 5.14. The number of esters is 1. The number of H-pyrrole nitrogens is 1. The number of carbonyl (C=O) groups is 1. The second-order valence-corrected chi connectivity index (χ2v) is 6.46. The summed E-state index contributed by atoms with van der Waals surface area (Å²) < 4.78 is 6.10. The lowest BCUT2D eigenvalue weighted by Crippen LogP contribution is -2.17. The number of halogens is 2. The molecule has 1 aromatic heterocycles. The molecule has 0 aliphatic carbocycles. The van der Waals surface area contributed by atoms with Crippen molar-refractivity contribution in [2.75, 3.05) is 0 Å². The summed E-state index contributed by atoms with van der Waals surface area (Å²) in [6.45, 7) is 1.64. The zero-order valence-electron chi connectivity index (χ0n) is 12.5. The van der Waals surface area contributed by atoms with Crippen LogP contribution >= 0.6 is 27.5 Å². The Morgan fingerprint density at radius 1 is 1.29 bits per heavy atom. The number of para-hydroxylation sites is 1. The van der Waals surface area contributed by atoms with Crippen LogP contribution in [0, 0.1) is 0 Å². The highest BCUT2D eigenvalue weighted by Crippen LogP contribution is 2.24. The number of hydrogen-bond donors (Lipinski definition) is 1. The molecular weight excluding hydrogens is 396 g/mol. The molecule has 2 aromatic carbocycles. The molecule has 0 saturated heterocycles. The molecule has 1 atom stereocenters. The maximum absolute atomic E-state index is 12.3. The fraction of sp³-hybridized carbons (Fsp3) is 0.118. The topological polar surface area (TPSA) is 72.0 Å². The highest BCUT2D eigenvalue weighted by Gasteiger charge is 2.19. The first-order valence-electron chi connectivity index (χ1n) is 7.10. The van der Waals surface area contributed by atoms with Gasteiger partial charge in [-0.25, -0.2) is 9.78 Å². The number of fused-ring (bicyclic) bond motifs is 1. The smallest absolute Gasteiger partial charge is 0.340 e. The van der Waals surface area contributed by atoms with E-state index < -0.39 is 12.1 Å². The summed E-state index contributed by atoms with van der Waals surface area (Å²) in [7, 11) is 0. The summed E-state index contributed by atoms with van der Waals surface area (Å²) >= 11 is 9.31. The Labute approximate surface area is 150 Å². The Balaban J connectivity index is 1.89. The molecule has 0 radical (unpaired) electrons. The van der Waals surface area contributed by atoms with E-state index in [-0.39, 0.29) is 22.0 Å². The van der Waals surface area contributed by atoms with Gasteiger partial charge in [0.05, 0.1) is 21.5 Å². The van der Waals surface area contributed by atoms with Crippen molar-refractivity contribution in [2.45, 2.75) is 13.0 Å². The first kappa shape index (κ1) is 16.7. The van der Waals surface area contributed by atoms with E-state index in [9.17, 15) is 9.59 Å². The Kier molecular flexibility index (Phi) is 4.69. The second kappa shape index (κ2) is 6.75. The van der Waals surface area contributed by atoms with Crippen LogP contribution in [-0.4, -0.2) is 15.9 Å². The van der Waals surface area contributed by atoms with Gasteiger partial charge in [0.15, 0.2) is 11.9 Å². The first-order chi connectivity index (χ1) is 11.5. The minimum Gasteiger partial charge on any atom is -0.451 e. The van der Waals surface area contributed by atoms with Crippen molar-refractivity contribution in [1.29, 1.82) is 0 Å². The molecule has 0 amide bonds. The molecule has 7 heteroatoms. The molecular formula is C17H12BrClN2O3. The molecule has 5 nitrogen and oxygen atoms in total. The van der Waals surface area contributed by atoms with E-state index in [1.165, 1.54) is 0 Å². The fourth-order valence-corrected chi connectivity index (χ4v) is 2.79. The third kappa shape index (κ3) is 3.34. The Morgan fingerprint density at radius 3 is 2.83 bits per heavy atom. The number of carbonyl (C=O) groups excluding carboxylic acids is 1. The molecule has 3 aromatic rings. The van der Waals surface area contributed by atoms with E-state index in [1.54, 1.807) is 49.4 Å². The number of aromatic amines is 1. The summed E-state index contributed by atoms with van der Waals surface area (Å²) in [5, 5.41) is 0.769. The number of benzene rings is 2. The number of aromatic nitrogens is 2. The van der Waals surface area contributed by atoms with Crippen LogP contribution in [0.1, 0.15) is 29.2 Å². The van der Waals surface area contributed by atoms with E-state index in [4.69, 9.17) is 16.3 Å². The zero-order valence-corrected chi connectivity index (χ0v) is 14.9. The van der Waals surface area contributed by atoms with E-state index in [0.717, 1.165) is 0 Å². The summed E-state index contributed by atoms with van der Waals surface area (Å²) in [4.78, 5) is 31.4. The van der Waals surface area contributed by atoms with Crippen molar-refractivity contribution in [2.24, 2.45) is 0 Å². The Morgan fingerprint density at radius 2 is 2.04 bits per heavy atom. The summed E-state index contributed by atoms with van der Waals surface area (Å²) in [6.07, 6.45) is -0.732. The largest absolute Gasteiger partial charge is 0.451 e. The number of hydrogen-bond acceptors (Lipinski definition) is 4. The van der Waals surface area contributed by atoms with Gasteiger partial charge < -0.3 is 9.72 Å². The monoisotopic (exact) mass is 406 g/mol. The molecule has 0 spiro atoms. The average molecular weight is 408 g/mol. The van der Waals surface area contributed by atoms with Gasteiger partial charge >= 0.3 is 5.97 Å². The maximum Gasteiger partial charge on any atom is 0.340 e. The molecule has 24 heavy (non-hydrogen) atoms. The predicted molar refractivity (Wildman–Crippen MR) is 95.3 cm³/mol. The number of ether oxygens (including phenoxy) is 1. The highest BCUT2D eigenvalue weighted by molar-refractivity contribution is 9.10. The fourth-order valence-electron chi connectivity index (χ4n) is 2.23. The molecule has 0 fully saturated rings. The standard InChI is InChI=1S/C17H12BrClN2O3/c1-9(24-17(23)12-8-10(18)6-7-13(12)19)15-20-14-5-3-2-4-11(14)16(22)21-15/h2-9H,1H3,(H,20,21,22)/t9-/m0/s1. The van der Waals surface area contributed by atoms with Crippen LogP contribution in [0.25, 0.3) is 10.9 Å². The van der Waals surface area contributed by atoms with Crippen LogP contribution in [0.3, 0.4) is 0 Å². The minimum atomic E-state index is -0.732. The lowest BCUT2D eigenvalue weighted by atomic mass is 10.2. The lowest BCUT2D eigenvalue weighted by molar-refractivity contribution is 0.0320. The quantitative estimate of drug-likeness (QED) is 0.659. The van der Waals surface area contributed by atoms with E-state index >= 15 is 0 Å². The lowest BCUT2D eigenvalue weighted by Gasteiger charge is -2.14. The third-order valence-electron chi connectivity index (χ3n) is 3.45. The van der Waals surface area contributed by atoms with Gasteiger partial charge in [-0.1, -0.05) is 39.7 Å². The normalized spacial score (nSPS) is 12.1. The van der Waals surface area contributed by atoms with Crippen molar-refractivity contribution in [3.8, 4) is 0 Å². The molecule has 0 unspecified atom stereocenters. The molecule has 3 rings (SSSR count). The molecule has 0 saturated carbocycles. The van der Waals surface area contributed by atoms with Crippen LogP contribution in [-0.2, 0) is 4.74 Å². The minimum absolute atomic E-state index is 0.237. The summed E-state index contributed by atoms with van der Waals surface area (Å²) in [5.74, 6) is -0.317. The van der Waals surface area contributed by atoms with Crippen LogP contribution < -0.4 is 5.56 Å². The van der Waals surface area contributed by atoms with Crippen molar-refractivity contribution in [1.82, 2.24) is 9.97 Å². The van der Waals surface area contributed by atoms with Gasteiger partial charge in [0.2, 0.25) is 0 Å². The van der Waals surface area contributed by atoms with E-state index in [0.29, 0.717) is 15.4 Å². The molecule has 0 aliphatic heterocycles. The van der Waals surface area contributed by atoms with Crippen LogP contribution in [0.15, 0.2) is 51.7 Å². The third-order valence-corrected chi connectivity index (χ3v) is 4.27. The zero-order chi connectivity index (χ0) is 17.3. The van der Waals surface area contributed by atoms with Crippen molar-refractivity contribution in [3.05, 3.63) is 73.7 Å². The molecule has 0 bridgehead atoms. The molecule has 1 heterocycles. The summed E-state index contributed by atoms with van der Waals surface area (Å²) in [5.41, 5.74) is 0.500. The molecule has 122 valence electrons.